The fraction of sp³-hybridized carbons (Fsp3) is 0.333. The number of furan rings is 1. The molecule has 0 aliphatic rings. The van der Waals surface area contributed by atoms with Crippen LogP contribution < -0.4 is 5.43 Å². The molecule has 1 aromatic rings. The SMILES string of the molecule is O=NNCCc1ccco1. The summed E-state index contributed by atoms with van der Waals surface area (Å²) in [6.07, 6.45) is 2.29. The Labute approximate surface area is 58.2 Å². The molecule has 1 N–H and O–H groups in total. The van der Waals surface area contributed by atoms with Gasteiger partial charge in [-0.25, -0.2) is 0 Å². The quantitative estimate of drug-likeness (QED) is 0.387. The van der Waals surface area contributed by atoms with Crippen molar-refractivity contribution < 1.29 is 4.42 Å². The second-order valence-corrected chi connectivity index (χ2v) is 1.83. The summed E-state index contributed by atoms with van der Waals surface area (Å²) in [6.45, 7) is 0.525. The Hall–Kier alpha value is -1.32. The van der Waals surface area contributed by atoms with Crippen LogP contribution in [0.2, 0.25) is 0 Å². The van der Waals surface area contributed by atoms with Crippen LogP contribution in [0, 0.1) is 4.91 Å². The molecule has 0 aliphatic carbocycles. The maximum absolute atomic E-state index is 9.54. The number of rotatable bonds is 4. The van der Waals surface area contributed by atoms with Crippen molar-refractivity contribution in [3.8, 4) is 0 Å². The standard InChI is InChI=1S/C6H8N2O2/c9-8-7-4-3-6-2-1-5-10-6/h1-2,5H,3-4H2,(H,7,9). The summed E-state index contributed by atoms with van der Waals surface area (Å²) in [5, 5.41) is 2.49. The average molecular weight is 140 g/mol. The first-order valence-electron chi connectivity index (χ1n) is 3.01. The first kappa shape index (κ1) is 6.80. The van der Waals surface area contributed by atoms with Crippen molar-refractivity contribution in [2.24, 2.45) is 5.29 Å². The van der Waals surface area contributed by atoms with Gasteiger partial charge in [0.15, 0.2) is 0 Å². The Kier molecular flexibility index (Phi) is 2.49. The van der Waals surface area contributed by atoms with Gasteiger partial charge >= 0.3 is 0 Å². The van der Waals surface area contributed by atoms with Crippen molar-refractivity contribution in [2.75, 3.05) is 6.54 Å². The van der Waals surface area contributed by atoms with E-state index in [1.807, 2.05) is 12.1 Å². The lowest BCUT2D eigenvalue weighted by Gasteiger charge is -1.91. The number of hydrogen-bond donors (Lipinski definition) is 1. The molecule has 54 valence electrons. The van der Waals surface area contributed by atoms with Gasteiger partial charge in [-0.05, 0) is 12.1 Å². The molecule has 0 aliphatic heterocycles. The molecular weight excluding hydrogens is 132 g/mol. The third-order valence-electron chi connectivity index (χ3n) is 1.13. The topological polar surface area (TPSA) is 54.6 Å². The molecule has 1 rings (SSSR count). The molecule has 1 heterocycles. The van der Waals surface area contributed by atoms with E-state index >= 15 is 0 Å². The third-order valence-corrected chi connectivity index (χ3v) is 1.13. The Morgan fingerprint density at radius 3 is 3.20 bits per heavy atom. The van der Waals surface area contributed by atoms with E-state index in [4.69, 9.17) is 4.42 Å². The lowest BCUT2D eigenvalue weighted by molar-refractivity contribution is 0.501. The Bertz CT molecular complexity index is 184. The van der Waals surface area contributed by atoms with Gasteiger partial charge in [0.2, 0.25) is 0 Å². The summed E-state index contributed by atoms with van der Waals surface area (Å²) in [5.74, 6) is 0.858. The molecule has 0 fully saturated rings. The minimum absolute atomic E-state index is 0.525. The zero-order valence-electron chi connectivity index (χ0n) is 5.41. The molecule has 0 unspecified atom stereocenters. The summed E-state index contributed by atoms with van der Waals surface area (Å²) in [6, 6.07) is 3.66. The molecule has 0 aromatic carbocycles. The van der Waals surface area contributed by atoms with Crippen LogP contribution in [-0.2, 0) is 6.42 Å². The van der Waals surface area contributed by atoms with Crippen molar-refractivity contribution in [1.82, 2.24) is 5.43 Å². The lowest BCUT2D eigenvalue weighted by atomic mass is 10.3. The number of nitroso groups, excluding NO2 is 1. The monoisotopic (exact) mass is 140 g/mol. The van der Waals surface area contributed by atoms with Gasteiger partial charge in [-0.1, -0.05) is 0 Å². The predicted octanol–water partition coefficient (Wildman–Crippen LogP) is 1.09. The van der Waals surface area contributed by atoms with Crippen molar-refractivity contribution in [2.45, 2.75) is 6.42 Å². The fourth-order valence-corrected chi connectivity index (χ4v) is 0.680. The van der Waals surface area contributed by atoms with Gasteiger partial charge in [0.25, 0.3) is 0 Å². The molecular formula is C6H8N2O2. The fourth-order valence-electron chi connectivity index (χ4n) is 0.680. The van der Waals surface area contributed by atoms with Gasteiger partial charge in [-0.2, -0.15) is 0 Å². The minimum Gasteiger partial charge on any atom is -0.469 e. The number of nitrogens with zero attached hydrogens (tertiary/aromatic N) is 1. The lowest BCUT2D eigenvalue weighted by Crippen LogP contribution is -2.07. The smallest absolute Gasteiger partial charge is 0.105 e. The van der Waals surface area contributed by atoms with Crippen LogP contribution >= 0.6 is 0 Å². The highest BCUT2D eigenvalue weighted by Gasteiger charge is 1.92. The van der Waals surface area contributed by atoms with Gasteiger partial charge < -0.3 is 4.42 Å². The second kappa shape index (κ2) is 3.66. The molecule has 4 heteroatoms. The normalized spacial score (nSPS) is 9.20. The molecule has 0 spiro atoms. The predicted molar refractivity (Wildman–Crippen MR) is 36.2 cm³/mol. The van der Waals surface area contributed by atoms with Crippen LogP contribution in [0.5, 0.6) is 0 Å². The van der Waals surface area contributed by atoms with E-state index in [0.717, 1.165) is 5.76 Å². The van der Waals surface area contributed by atoms with Crippen LogP contribution in [0.4, 0.5) is 0 Å². The summed E-state index contributed by atoms with van der Waals surface area (Å²) < 4.78 is 5.00. The summed E-state index contributed by atoms with van der Waals surface area (Å²) in [5.41, 5.74) is 2.30. The minimum atomic E-state index is 0.525. The number of nitrogens with one attached hydrogen (secondary N) is 1. The maximum atomic E-state index is 9.54. The zero-order valence-corrected chi connectivity index (χ0v) is 5.41. The van der Waals surface area contributed by atoms with Crippen LogP contribution in [0.1, 0.15) is 5.76 Å². The van der Waals surface area contributed by atoms with Gasteiger partial charge in [0, 0.05) is 18.3 Å². The highest BCUT2D eigenvalue weighted by molar-refractivity contribution is 4.98. The molecule has 0 bridgehead atoms. The maximum Gasteiger partial charge on any atom is 0.105 e. The first-order chi connectivity index (χ1) is 4.93. The molecule has 0 saturated carbocycles. The third kappa shape index (κ3) is 1.89. The average Bonchev–Trinajstić information content (AvgIpc) is 2.41. The van der Waals surface area contributed by atoms with Gasteiger partial charge in [-0.3, -0.25) is 5.43 Å². The molecule has 0 atom stereocenters. The number of hydrogen-bond acceptors (Lipinski definition) is 3. The van der Waals surface area contributed by atoms with Crippen molar-refractivity contribution in [3.05, 3.63) is 29.1 Å². The van der Waals surface area contributed by atoms with E-state index in [0.29, 0.717) is 13.0 Å². The van der Waals surface area contributed by atoms with E-state index in [1.54, 1.807) is 6.26 Å². The summed E-state index contributed by atoms with van der Waals surface area (Å²) in [4.78, 5) is 9.54. The van der Waals surface area contributed by atoms with Crippen LogP contribution in [0.25, 0.3) is 0 Å². The van der Waals surface area contributed by atoms with Crippen LogP contribution in [0.3, 0.4) is 0 Å². The molecule has 0 amide bonds. The second-order valence-electron chi connectivity index (χ2n) is 1.83. The van der Waals surface area contributed by atoms with Crippen LogP contribution in [-0.4, -0.2) is 6.54 Å². The zero-order chi connectivity index (χ0) is 7.23. The van der Waals surface area contributed by atoms with E-state index in [9.17, 15) is 4.91 Å². The molecule has 0 radical (unpaired) electrons. The van der Waals surface area contributed by atoms with Crippen molar-refractivity contribution in [1.29, 1.82) is 0 Å². The molecule has 1 aromatic heterocycles. The van der Waals surface area contributed by atoms with E-state index in [-0.39, 0.29) is 0 Å². The van der Waals surface area contributed by atoms with Crippen LogP contribution in [0.15, 0.2) is 28.1 Å². The molecule has 4 nitrogen and oxygen atoms in total. The summed E-state index contributed by atoms with van der Waals surface area (Å²) in [7, 11) is 0. The first-order valence-corrected chi connectivity index (χ1v) is 3.01. The van der Waals surface area contributed by atoms with Gasteiger partial charge in [0.05, 0.1) is 6.26 Å². The molecule has 0 saturated heterocycles. The van der Waals surface area contributed by atoms with E-state index < -0.39 is 0 Å². The van der Waals surface area contributed by atoms with Gasteiger partial charge in [0.1, 0.15) is 5.76 Å². The van der Waals surface area contributed by atoms with E-state index in [2.05, 4.69) is 10.7 Å². The van der Waals surface area contributed by atoms with Crippen molar-refractivity contribution >= 4 is 0 Å². The van der Waals surface area contributed by atoms with Crippen molar-refractivity contribution in [3.63, 3.8) is 0 Å². The largest absolute Gasteiger partial charge is 0.469 e. The Morgan fingerprint density at radius 2 is 2.60 bits per heavy atom. The van der Waals surface area contributed by atoms with Gasteiger partial charge in [-0.15, -0.1) is 4.91 Å². The van der Waals surface area contributed by atoms with E-state index in [1.165, 1.54) is 0 Å². The Morgan fingerprint density at radius 1 is 1.70 bits per heavy atom. The molecule has 10 heavy (non-hydrogen) atoms. The summed E-state index contributed by atoms with van der Waals surface area (Å²) >= 11 is 0. The highest BCUT2D eigenvalue weighted by atomic mass is 16.3. The Balaban J connectivity index is 2.21. The highest BCUT2D eigenvalue weighted by Crippen LogP contribution is 1.98.